The lowest BCUT2D eigenvalue weighted by molar-refractivity contribution is 0.356. The number of rotatable bonds is 3. The third kappa shape index (κ3) is 3.15. The Balaban J connectivity index is 2.05. The summed E-state index contributed by atoms with van der Waals surface area (Å²) in [6.07, 6.45) is 3.50. The van der Waals surface area contributed by atoms with E-state index in [9.17, 15) is 4.79 Å². The number of hydrogen-bond acceptors (Lipinski definition) is 3. The summed E-state index contributed by atoms with van der Waals surface area (Å²) in [5, 5.41) is 4.11. The molecule has 0 bridgehead atoms. The molecular weight excluding hydrogens is 354 g/mol. The Morgan fingerprint density at radius 2 is 2.29 bits per heavy atom. The Bertz CT molecular complexity index is 710. The summed E-state index contributed by atoms with van der Waals surface area (Å²) in [4.78, 5) is 17.3. The molecule has 2 aromatic rings. The topological polar surface area (TPSA) is 46.9 Å². The van der Waals surface area contributed by atoms with Crippen molar-refractivity contribution < 1.29 is 0 Å². The molecule has 1 aliphatic heterocycles. The number of nitrogens with one attached hydrogen (secondary N) is 1. The molecule has 1 saturated heterocycles. The molecule has 4 nitrogen and oxygen atoms in total. The molecule has 1 aliphatic rings. The van der Waals surface area contributed by atoms with Gasteiger partial charge in [0, 0.05) is 17.1 Å². The second-order valence-electron chi connectivity index (χ2n) is 5.39. The van der Waals surface area contributed by atoms with Gasteiger partial charge in [-0.1, -0.05) is 22.4 Å². The molecule has 1 aromatic carbocycles. The highest BCUT2D eigenvalue weighted by molar-refractivity contribution is 9.10. The van der Waals surface area contributed by atoms with Crippen LogP contribution in [0.4, 0.5) is 0 Å². The third-order valence-corrected chi connectivity index (χ3v) is 4.66. The molecule has 21 heavy (non-hydrogen) atoms. The zero-order valence-corrected chi connectivity index (χ0v) is 14.0. The van der Waals surface area contributed by atoms with E-state index in [0.29, 0.717) is 29.3 Å². The minimum Gasteiger partial charge on any atom is -0.312 e. The number of halogens is 2. The average molecular weight is 371 g/mol. The van der Waals surface area contributed by atoms with Crippen LogP contribution in [0.25, 0.3) is 10.9 Å². The van der Waals surface area contributed by atoms with Crippen molar-refractivity contribution in [3.8, 4) is 0 Å². The van der Waals surface area contributed by atoms with Crippen molar-refractivity contribution in [2.45, 2.75) is 37.7 Å². The van der Waals surface area contributed by atoms with Crippen molar-refractivity contribution in [1.29, 1.82) is 0 Å². The first kappa shape index (κ1) is 15.0. The van der Waals surface area contributed by atoms with Gasteiger partial charge in [-0.05, 0) is 37.6 Å². The lowest BCUT2D eigenvalue weighted by Crippen LogP contribution is -2.40. The highest BCUT2D eigenvalue weighted by Crippen LogP contribution is 2.17. The zero-order valence-electron chi connectivity index (χ0n) is 11.6. The van der Waals surface area contributed by atoms with Crippen LogP contribution in [0.1, 0.15) is 25.1 Å². The van der Waals surface area contributed by atoms with Gasteiger partial charge in [0.1, 0.15) is 5.82 Å². The summed E-state index contributed by atoms with van der Waals surface area (Å²) in [5.41, 5.74) is 0.688. The molecule has 0 amide bonds. The van der Waals surface area contributed by atoms with Gasteiger partial charge in [-0.3, -0.25) is 9.36 Å². The Kier molecular flexibility index (Phi) is 4.62. The first-order valence-corrected chi connectivity index (χ1v) is 8.50. The Hall–Kier alpha value is -0.910. The van der Waals surface area contributed by atoms with Gasteiger partial charge < -0.3 is 5.32 Å². The number of nitrogens with zero attached hydrogens (tertiary/aromatic N) is 2. The van der Waals surface area contributed by atoms with Crippen molar-refractivity contribution in [2.24, 2.45) is 0 Å². The highest BCUT2D eigenvalue weighted by atomic mass is 79.9. The average Bonchev–Trinajstić information content (AvgIpc) is 2.50. The Morgan fingerprint density at radius 1 is 1.43 bits per heavy atom. The van der Waals surface area contributed by atoms with Crippen LogP contribution in [-0.4, -0.2) is 22.1 Å². The molecule has 0 spiro atoms. The van der Waals surface area contributed by atoms with Crippen molar-refractivity contribution in [3.05, 3.63) is 38.9 Å². The SMILES string of the molecule is O=c1c2ccc(Br)cc2nc(CCl)n1CC1CCCCN1. The summed E-state index contributed by atoms with van der Waals surface area (Å²) in [6, 6.07) is 5.87. The van der Waals surface area contributed by atoms with Crippen LogP contribution >= 0.6 is 27.5 Å². The van der Waals surface area contributed by atoms with E-state index in [1.54, 1.807) is 4.57 Å². The molecular formula is C15H17BrClN3O. The quantitative estimate of drug-likeness (QED) is 0.845. The highest BCUT2D eigenvalue weighted by Gasteiger charge is 2.17. The molecule has 3 rings (SSSR count). The second-order valence-corrected chi connectivity index (χ2v) is 6.57. The minimum atomic E-state index is -0.00414. The van der Waals surface area contributed by atoms with E-state index in [4.69, 9.17) is 11.6 Å². The van der Waals surface area contributed by atoms with Crippen molar-refractivity contribution >= 4 is 38.4 Å². The maximum absolute atomic E-state index is 12.7. The van der Waals surface area contributed by atoms with Gasteiger partial charge in [-0.15, -0.1) is 11.6 Å². The molecule has 0 radical (unpaired) electrons. The van der Waals surface area contributed by atoms with Gasteiger partial charge in [-0.2, -0.15) is 0 Å². The van der Waals surface area contributed by atoms with Crippen LogP contribution in [0.2, 0.25) is 0 Å². The van der Waals surface area contributed by atoms with E-state index in [-0.39, 0.29) is 11.4 Å². The molecule has 0 aliphatic carbocycles. The van der Waals surface area contributed by atoms with E-state index in [2.05, 4.69) is 26.2 Å². The lowest BCUT2D eigenvalue weighted by Gasteiger charge is -2.25. The number of fused-ring (bicyclic) bond motifs is 1. The fourth-order valence-corrected chi connectivity index (χ4v) is 3.38. The normalized spacial score (nSPS) is 19.0. The first-order valence-electron chi connectivity index (χ1n) is 7.17. The second kappa shape index (κ2) is 6.46. The third-order valence-electron chi connectivity index (χ3n) is 3.93. The molecule has 1 aromatic heterocycles. The van der Waals surface area contributed by atoms with Crippen LogP contribution in [0.3, 0.4) is 0 Å². The fourth-order valence-electron chi connectivity index (χ4n) is 2.83. The van der Waals surface area contributed by atoms with Crippen LogP contribution in [0.15, 0.2) is 27.5 Å². The minimum absolute atomic E-state index is 0.00414. The standard InChI is InChI=1S/C15H17BrClN3O/c16-10-4-5-12-13(7-10)19-14(8-17)20(15(12)21)9-11-3-1-2-6-18-11/h4-5,7,11,18H,1-3,6,8-9H2. The van der Waals surface area contributed by atoms with Gasteiger partial charge in [-0.25, -0.2) is 4.98 Å². The molecule has 1 N–H and O–H groups in total. The van der Waals surface area contributed by atoms with E-state index in [0.717, 1.165) is 17.4 Å². The number of hydrogen-bond donors (Lipinski definition) is 1. The van der Waals surface area contributed by atoms with E-state index < -0.39 is 0 Å². The molecule has 1 unspecified atom stereocenters. The molecule has 0 saturated carbocycles. The predicted molar refractivity (Wildman–Crippen MR) is 88.9 cm³/mol. The molecule has 1 fully saturated rings. The molecule has 2 heterocycles. The van der Waals surface area contributed by atoms with Crippen LogP contribution in [-0.2, 0) is 12.4 Å². The number of benzene rings is 1. The van der Waals surface area contributed by atoms with E-state index >= 15 is 0 Å². The van der Waals surface area contributed by atoms with Gasteiger partial charge in [0.05, 0.1) is 16.8 Å². The van der Waals surface area contributed by atoms with E-state index in [1.165, 1.54) is 12.8 Å². The van der Waals surface area contributed by atoms with Crippen molar-refractivity contribution in [1.82, 2.24) is 14.9 Å². The monoisotopic (exact) mass is 369 g/mol. The fraction of sp³-hybridized carbons (Fsp3) is 0.467. The Morgan fingerprint density at radius 3 is 3.00 bits per heavy atom. The Labute approximate surface area is 136 Å². The summed E-state index contributed by atoms with van der Waals surface area (Å²) in [5.74, 6) is 0.879. The largest absolute Gasteiger partial charge is 0.312 e. The van der Waals surface area contributed by atoms with Crippen LogP contribution in [0.5, 0.6) is 0 Å². The molecule has 1 atom stereocenters. The predicted octanol–water partition coefficient (Wildman–Crippen LogP) is 3.04. The number of aromatic nitrogens is 2. The summed E-state index contributed by atoms with van der Waals surface area (Å²) in [7, 11) is 0. The maximum Gasteiger partial charge on any atom is 0.261 e. The zero-order chi connectivity index (χ0) is 14.8. The molecule has 112 valence electrons. The first-order chi connectivity index (χ1) is 10.2. The maximum atomic E-state index is 12.7. The lowest BCUT2D eigenvalue weighted by atomic mass is 10.0. The van der Waals surface area contributed by atoms with Gasteiger partial charge in [0.25, 0.3) is 5.56 Å². The summed E-state index contributed by atoms with van der Waals surface area (Å²) in [6.45, 7) is 1.66. The van der Waals surface area contributed by atoms with Crippen LogP contribution in [0, 0.1) is 0 Å². The summed E-state index contributed by atoms with van der Waals surface area (Å²) < 4.78 is 2.64. The van der Waals surface area contributed by atoms with Gasteiger partial charge in [0.15, 0.2) is 0 Å². The van der Waals surface area contributed by atoms with Gasteiger partial charge in [0.2, 0.25) is 0 Å². The number of alkyl halides is 1. The van der Waals surface area contributed by atoms with Gasteiger partial charge >= 0.3 is 0 Å². The van der Waals surface area contributed by atoms with E-state index in [1.807, 2.05) is 18.2 Å². The number of piperidine rings is 1. The summed E-state index contributed by atoms with van der Waals surface area (Å²) >= 11 is 9.42. The molecule has 6 heteroatoms. The van der Waals surface area contributed by atoms with Crippen LogP contribution < -0.4 is 10.9 Å². The van der Waals surface area contributed by atoms with Crippen molar-refractivity contribution in [3.63, 3.8) is 0 Å². The van der Waals surface area contributed by atoms with Crippen molar-refractivity contribution in [2.75, 3.05) is 6.54 Å². The smallest absolute Gasteiger partial charge is 0.261 e.